The summed E-state index contributed by atoms with van der Waals surface area (Å²) in [4.78, 5) is 2.33. The zero-order chi connectivity index (χ0) is 14.3. The van der Waals surface area contributed by atoms with E-state index in [0.717, 1.165) is 13.0 Å². The van der Waals surface area contributed by atoms with Crippen molar-refractivity contribution in [3.8, 4) is 0 Å². The van der Waals surface area contributed by atoms with E-state index in [1.807, 2.05) is 0 Å². The molecule has 0 spiro atoms. The minimum atomic E-state index is 0. The number of nitrogens with one attached hydrogen (secondary N) is 2. The molecule has 0 saturated carbocycles. The number of rotatable bonds is 4. The fraction of sp³-hybridized carbons (Fsp3) is 0.562. The van der Waals surface area contributed by atoms with Crippen molar-refractivity contribution in [1.82, 2.24) is 4.90 Å². The Hall–Kier alpha value is -0.458. The molecule has 0 aromatic rings. The largest absolute Gasteiger partial charge is 0.424 e. The molecule has 4 heteroatoms. The molecule has 0 saturated heterocycles. The second-order valence-electron chi connectivity index (χ2n) is 5.00. The van der Waals surface area contributed by atoms with E-state index in [9.17, 15) is 0 Å². The van der Waals surface area contributed by atoms with Crippen LogP contribution in [-0.4, -0.2) is 24.4 Å². The third kappa shape index (κ3) is 4.53. The molecule has 1 heterocycles. The SMILES string of the molecule is C=N.CCCC1=CC2=C(CCCC2)[C-](C)N1CC=N.[U]. The van der Waals surface area contributed by atoms with Crippen LogP contribution in [0.1, 0.15) is 52.4 Å². The molecular weight excluding hydrogens is 472 g/mol. The van der Waals surface area contributed by atoms with Gasteiger partial charge in [-0.2, -0.15) is 11.1 Å². The van der Waals surface area contributed by atoms with Crippen molar-refractivity contribution in [1.29, 1.82) is 10.8 Å². The molecule has 0 aromatic heterocycles. The number of hydrogen-bond acceptors (Lipinski definition) is 3. The minimum absolute atomic E-state index is 0. The quantitative estimate of drug-likeness (QED) is 0.440. The van der Waals surface area contributed by atoms with Crippen LogP contribution in [0.4, 0.5) is 0 Å². The second kappa shape index (κ2) is 10.3. The minimum Gasteiger partial charge on any atom is -0.424 e. The Morgan fingerprint density at radius 3 is 2.60 bits per heavy atom. The van der Waals surface area contributed by atoms with Crippen molar-refractivity contribution in [2.45, 2.75) is 52.4 Å². The van der Waals surface area contributed by atoms with E-state index < -0.39 is 0 Å². The summed E-state index contributed by atoms with van der Waals surface area (Å²) in [5, 5.41) is 12.9. The Bertz CT molecular complexity index is 374. The van der Waals surface area contributed by atoms with Crippen molar-refractivity contribution in [2.24, 2.45) is 0 Å². The van der Waals surface area contributed by atoms with Gasteiger partial charge in [-0.05, 0) is 18.8 Å². The third-order valence-electron chi connectivity index (χ3n) is 3.82. The van der Waals surface area contributed by atoms with Gasteiger partial charge in [0.05, 0.1) is 0 Å². The fourth-order valence-electron chi connectivity index (χ4n) is 2.97. The molecule has 0 fully saturated rings. The number of allylic oxidation sites excluding steroid dienone is 3. The molecule has 1 aliphatic carbocycles. The van der Waals surface area contributed by atoms with Crippen LogP contribution in [0, 0.1) is 48.0 Å². The van der Waals surface area contributed by atoms with Crippen LogP contribution >= 0.6 is 0 Å². The summed E-state index contributed by atoms with van der Waals surface area (Å²) in [6.45, 7) is 7.69. The number of nitrogens with zero attached hydrogens (tertiary/aromatic N) is 1. The molecule has 2 N–H and O–H groups in total. The van der Waals surface area contributed by atoms with Crippen LogP contribution in [-0.2, 0) is 0 Å². The maximum absolute atomic E-state index is 7.36. The summed E-state index contributed by atoms with van der Waals surface area (Å²) >= 11 is 0. The molecule has 110 valence electrons. The van der Waals surface area contributed by atoms with Crippen LogP contribution in [0.2, 0.25) is 0 Å². The molecule has 0 atom stereocenters. The Balaban J connectivity index is 0.00000115. The van der Waals surface area contributed by atoms with E-state index in [1.165, 1.54) is 50.1 Å². The monoisotopic (exact) mass is 498 g/mol. The Kier molecular flexibility index (Phi) is 10.1. The van der Waals surface area contributed by atoms with Gasteiger partial charge in [-0.3, -0.25) is 0 Å². The van der Waals surface area contributed by atoms with E-state index in [0.29, 0.717) is 0 Å². The number of hydrogen-bond donors (Lipinski definition) is 2. The Morgan fingerprint density at radius 2 is 2.00 bits per heavy atom. The van der Waals surface area contributed by atoms with E-state index in [2.05, 4.69) is 31.5 Å². The van der Waals surface area contributed by atoms with E-state index in [-0.39, 0.29) is 31.1 Å². The molecule has 2 rings (SSSR count). The topological polar surface area (TPSA) is 50.9 Å². The summed E-state index contributed by atoms with van der Waals surface area (Å²) in [6, 6.07) is 1.40. The Morgan fingerprint density at radius 1 is 1.35 bits per heavy atom. The van der Waals surface area contributed by atoms with Crippen molar-refractivity contribution < 1.29 is 31.1 Å². The molecule has 3 nitrogen and oxygen atoms in total. The first-order valence-electron chi connectivity index (χ1n) is 7.16. The predicted octanol–water partition coefficient (Wildman–Crippen LogP) is 4.32. The molecule has 0 aromatic carbocycles. The molecular formula is C16H26N3U-. The van der Waals surface area contributed by atoms with Crippen molar-refractivity contribution in [2.75, 3.05) is 6.54 Å². The molecule has 0 amide bonds. The van der Waals surface area contributed by atoms with Gasteiger partial charge in [0.1, 0.15) is 0 Å². The van der Waals surface area contributed by atoms with Gasteiger partial charge in [0.2, 0.25) is 0 Å². The third-order valence-corrected chi connectivity index (χ3v) is 3.82. The summed E-state index contributed by atoms with van der Waals surface area (Å²) in [6.07, 6.45) is 11.4. The van der Waals surface area contributed by atoms with Crippen molar-refractivity contribution in [3.63, 3.8) is 0 Å². The summed E-state index contributed by atoms with van der Waals surface area (Å²) < 4.78 is 0. The standard InChI is InChI=1S/C15H23N2.CH3N.U/c1-3-6-14-11-13-7-4-5-8-15(13)12(2)17(14)10-9-16;1-2;/h9,11,16H,3-8,10H2,1-2H3;2H,1H2;/q-1;;. The van der Waals surface area contributed by atoms with Gasteiger partial charge in [0, 0.05) is 43.9 Å². The van der Waals surface area contributed by atoms with Gasteiger partial charge in [-0.25, -0.2) is 0 Å². The van der Waals surface area contributed by atoms with Gasteiger partial charge in [0.15, 0.2) is 0 Å². The van der Waals surface area contributed by atoms with Crippen LogP contribution in [0.3, 0.4) is 0 Å². The first-order chi connectivity index (χ1) is 9.27. The summed E-state index contributed by atoms with van der Waals surface area (Å²) in [7, 11) is 0. The maximum atomic E-state index is 7.36. The average Bonchev–Trinajstić information content (AvgIpc) is 2.46. The molecule has 0 radical (unpaired) electrons. The van der Waals surface area contributed by atoms with Gasteiger partial charge >= 0.3 is 0 Å². The fourth-order valence-corrected chi connectivity index (χ4v) is 2.97. The molecule has 0 unspecified atom stereocenters. The first kappa shape index (κ1) is 19.5. The van der Waals surface area contributed by atoms with Crippen molar-refractivity contribution in [3.05, 3.63) is 29.0 Å². The van der Waals surface area contributed by atoms with Crippen molar-refractivity contribution >= 4 is 12.9 Å². The smallest absolute Gasteiger partial charge is 0.0400 e. The van der Waals surface area contributed by atoms with Crippen LogP contribution in [0.5, 0.6) is 0 Å². The second-order valence-corrected chi connectivity index (χ2v) is 5.00. The van der Waals surface area contributed by atoms with E-state index in [1.54, 1.807) is 11.1 Å². The molecule has 2 aliphatic rings. The average molecular weight is 498 g/mol. The van der Waals surface area contributed by atoms with E-state index in [4.69, 9.17) is 10.8 Å². The molecule has 1 aliphatic heterocycles. The summed E-state index contributed by atoms with van der Waals surface area (Å²) in [5.41, 5.74) is 4.53. The van der Waals surface area contributed by atoms with Gasteiger partial charge < -0.3 is 15.7 Å². The normalized spacial score (nSPS) is 17.4. The first-order valence-corrected chi connectivity index (χ1v) is 7.16. The van der Waals surface area contributed by atoms with Crippen LogP contribution in [0.15, 0.2) is 22.9 Å². The predicted molar refractivity (Wildman–Crippen MR) is 82.7 cm³/mol. The van der Waals surface area contributed by atoms with Crippen LogP contribution in [0.25, 0.3) is 0 Å². The maximum Gasteiger partial charge on any atom is 0.0400 e. The zero-order valence-corrected chi connectivity index (χ0v) is 16.9. The summed E-state index contributed by atoms with van der Waals surface area (Å²) in [5.74, 6) is 0. The van der Waals surface area contributed by atoms with Gasteiger partial charge in [-0.1, -0.05) is 46.0 Å². The molecule has 20 heavy (non-hydrogen) atoms. The molecule has 0 bridgehead atoms. The van der Waals surface area contributed by atoms with Gasteiger partial charge in [0.25, 0.3) is 0 Å². The van der Waals surface area contributed by atoms with E-state index >= 15 is 0 Å². The van der Waals surface area contributed by atoms with Crippen LogP contribution < -0.4 is 0 Å². The Labute approximate surface area is 147 Å². The zero-order valence-electron chi connectivity index (χ0n) is 12.8. The van der Waals surface area contributed by atoms with Gasteiger partial charge in [-0.15, -0.1) is 12.1 Å².